The lowest BCUT2D eigenvalue weighted by molar-refractivity contribution is 0.656. The van der Waals surface area contributed by atoms with E-state index in [0.29, 0.717) is 0 Å². The van der Waals surface area contributed by atoms with Gasteiger partial charge in [-0.3, -0.25) is 0 Å². The molecule has 0 unspecified atom stereocenters. The van der Waals surface area contributed by atoms with Gasteiger partial charge in [-0.1, -0.05) is 65.7 Å². The molecule has 1 rings (SSSR count). The molecular weight excluding hydrogens is 132 g/mol. The van der Waals surface area contributed by atoms with Gasteiger partial charge in [-0.15, -0.1) is 0 Å². The van der Waals surface area contributed by atoms with Gasteiger partial charge in [0.05, 0.1) is 0 Å². The smallest absolute Gasteiger partial charge is 0.0443 e. The van der Waals surface area contributed by atoms with Crippen LogP contribution in [-0.4, -0.2) is 0 Å². The third kappa shape index (κ3) is 13.1. The lowest BCUT2D eigenvalue weighted by Gasteiger charge is -1.90. The van der Waals surface area contributed by atoms with E-state index in [9.17, 15) is 0 Å². The van der Waals surface area contributed by atoms with E-state index in [4.69, 9.17) is 0 Å². The summed E-state index contributed by atoms with van der Waals surface area (Å²) in [7, 11) is 0. The summed E-state index contributed by atoms with van der Waals surface area (Å²) in [5.41, 5.74) is 0. The van der Waals surface area contributed by atoms with Crippen molar-refractivity contribution in [3.05, 3.63) is 0 Å². The highest BCUT2D eigenvalue weighted by Gasteiger charge is 2.12. The van der Waals surface area contributed by atoms with Crippen LogP contribution in [0.2, 0.25) is 0 Å². The van der Waals surface area contributed by atoms with Crippen LogP contribution in [0.3, 0.4) is 0 Å². The van der Waals surface area contributed by atoms with Crippen LogP contribution in [0.15, 0.2) is 0 Å². The van der Waals surface area contributed by atoms with Gasteiger partial charge in [-0.05, 0) is 5.92 Å². The Kier molecular flexibility index (Phi) is 8.10. The largest absolute Gasteiger partial charge is 0.0654 e. The van der Waals surface area contributed by atoms with Crippen molar-refractivity contribution in [3.63, 3.8) is 0 Å². The SMILES string of the molecule is CC1CC1.CCCCCCC. The van der Waals surface area contributed by atoms with E-state index in [2.05, 4.69) is 20.8 Å². The molecule has 0 atom stereocenters. The van der Waals surface area contributed by atoms with E-state index < -0.39 is 0 Å². The van der Waals surface area contributed by atoms with Crippen molar-refractivity contribution in [2.24, 2.45) is 5.92 Å². The number of rotatable bonds is 4. The van der Waals surface area contributed by atoms with Crippen molar-refractivity contribution in [1.29, 1.82) is 0 Å². The van der Waals surface area contributed by atoms with Gasteiger partial charge in [0.2, 0.25) is 0 Å². The van der Waals surface area contributed by atoms with E-state index >= 15 is 0 Å². The zero-order valence-corrected chi connectivity index (χ0v) is 8.53. The van der Waals surface area contributed by atoms with Gasteiger partial charge in [0.15, 0.2) is 0 Å². The van der Waals surface area contributed by atoms with Crippen LogP contribution in [0.25, 0.3) is 0 Å². The summed E-state index contributed by atoms with van der Waals surface area (Å²) in [4.78, 5) is 0. The molecule has 0 aromatic rings. The molecule has 0 nitrogen and oxygen atoms in total. The molecule has 11 heavy (non-hydrogen) atoms. The number of hydrogen-bond donors (Lipinski definition) is 0. The topological polar surface area (TPSA) is 0 Å². The first-order chi connectivity index (χ1) is 5.31. The van der Waals surface area contributed by atoms with Crippen LogP contribution in [0.5, 0.6) is 0 Å². The Balaban J connectivity index is 0.000000207. The Hall–Kier alpha value is 0. The quantitative estimate of drug-likeness (QED) is 0.529. The van der Waals surface area contributed by atoms with Crippen LogP contribution in [0.1, 0.15) is 65.7 Å². The lowest BCUT2D eigenvalue weighted by atomic mass is 10.2. The molecule has 1 saturated carbocycles. The minimum Gasteiger partial charge on any atom is -0.0654 e. The molecule has 0 amide bonds. The van der Waals surface area contributed by atoms with Crippen LogP contribution in [0.4, 0.5) is 0 Å². The predicted octanol–water partition coefficient (Wildman–Crippen LogP) is 4.39. The highest BCUT2D eigenvalue weighted by molar-refractivity contribution is 4.65. The summed E-state index contributed by atoms with van der Waals surface area (Å²) in [5, 5.41) is 0. The molecule has 68 valence electrons. The van der Waals surface area contributed by atoms with Crippen molar-refractivity contribution in [2.45, 2.75) is 65.7 Å². The zero-order valence-electron chi connectivity index (χ0n) is 8.53. The summed E-state index contributed by atoms with van der Waals surface area (Å²) >= 11 is 0. The molecule has 0 bridgehead atoms. The van der Waals surface area contributed by atoms with E-state index in [1.54, 1.807) is 0 Å². The molecule has 1 aliphatic carbocycles. The maximum atomic E-state index is 2.28. The highest BCUT2D eigenvalue weighted by Crippen LogP contribution is 2.26. The molecule has 0 spiro atoms. The van der Waals surface area contributed by atoms with Crippen molar-refractivity contribution in [3.8, 4) is 0 Å². The lowest BCUT2D eigenvalue weighted by Crippen LogP contribution is -1.70. The first kappa shape index (κ1) is 11.0. The second kappa shape index (κ2) is 8.10. The molecule has 1 aliphatic rings. The fraction of sp³-hybridized carbons (Fsp3) is 1.00. The zero-order chi connectivity index (χ0) is 8.53. The first-order valence-corrected chi connectivity index (χ1v) is 5.31. The summed E-state index contributed by atoms with van der Waals surface area (Å²) in [6, 6.07) is 0. The van der Waals surface area contributed by atoms with Gasteiger partial charge in [0.1, 0.15) is 0 Å². The van der Waals surface area contributed by atoms with Gasteiger partial charge in [-0.25, -0.2) is 0 Å². The number of hydrogen-bond acceptors (Lipinski definition) is 0. The normalized spacial score (nSPS) is 15.5. The van der Waals surface area contributed by atoms with E-state index in [0.717, 1.165) is 5.92 Å². The van der Waals surface area contributed by atoms with Crippen LogP contribution < -0.4 is 0 Å². The minimum absolute atomic E-state index is 1.08. The van der Waals surface area contributed by atoms with Crippen LogP contribution >= 0.6 is 0 Å². The molecule has 1 fully saturated rings. The third-order valence-corrected chi connectivity index (χ3v) is 2.07. The molecule has 0 radical (unpaired) electrons. The third-order valence-electron chi connectivity index (χ3n) is 2.07. The van der Waals surface area contributed by atoms with E-state index in [1.807, 2.05) is 0 Å². The van der Waals surface area contributed by atoms with E-state index in [-0.39, 0.29) is 0 Å². The minimum atomic E-state index is 1.08. The monoisotopic (exact) mass is 156 g/mol. The molecule has 0 aromatic heterocycles. The molecular formula is C11H24. The molecule has 0 heterocycles. The van der Waals surface area contributed by atoms with Gasteiger partial charge >= 0.3 is 0 Å². The Morgan fingerprint density at radius 3 is 1.45 bits per heavy atom. The highest BCUT2D eigenvalue weighted by atomic mass is 14.2. The van der Waals surface area contributed by atoms with Crippen LogP contribution in [-0.2, 0) is 0 Å². The van der Waals surface area contributed by atoms with Gasteiger partial charge in [0, 0.05) is 0 Å². The maximum Gasteiger partial charge on any atom is -0.0443 e. The molecule has 0 aliphatic heterocycles. The van der Waals surface area contributed by atoms with Gasteiger partial charge in [-0.2, -0.15) is 0 Å². The number of unbranched alkanes of at least 4 members (excludes halogenated alkanes) is 4. The van der Waals surface area contributed by atoms with Crippen molar-refractivity contribution in [2.75, 3.05) is 0 Å². The average Bonchev–Trinajstić information content (AvgIpc) is 2.75. The molecule has 0 aromatic carbocycles. The fourth-order valence-corrected chi connectivity index (χ4v) is 0.843. The second-order valence-electron chi connectivity index (χ2n) is 3.74. The Morgan fingerprint density at radius 2 is 1.27 bits per heavy atom. The maximum absolute atomic E-state index is 2.28. The Labute approximate surface area is 72.4 Å². The standard InChI is InChI=1S/C7H16.C4H8/c1-3-5-7-6-4-2;1-4-2-3-4/h3-7H2,1-2H3;4H,2-3H2,1H3. The Bertz CT molecular complexity index is 58.4. The van der Waals surface area contributed by atoms with Crippen molar-refractivity contribution >= 4 is 0 Å². The summed E-state index contributed by atoms with van der Waals surface area (Å²) in [5.74, 6) is 1.08. The van der Waals surface area contributed by atoms with E-state index in [1.165, 1.54) is 44.9 Å². The van der Waals surface area contributed by atoms with Crippen molar-refractivity contribution < 1.29 is 0 Å². The molecule has 0 saturated heterocycles. The molecule has 0 heteroatoms. The average molecular weight is 156 g/mol. The molecule has 0 N–H and O–H groups in total. The van der Waals surface area contributed by atoms with Gasteiger partial charge < -0.3 is 0 Å². The van der Waals surface area contributed by atoms with Crippen LogP contribution in [0, 0.1) is 5.92 Å². The van der Waals surface area contributed by atoms with Gasteiger partial charge in [0.25, 0.3) is 0 Å². The summed E-state index contributed by atoms with van der Waals surface area (Å²) < 4.78 is 0. The Morgan fingerprint density at radius 1 is 0.909 bits per heavy atom. The van der Waals surface area contributed by atoms with Crippen molar-refractivity contribution in [1.82, 2.24) is 0 Å². The summed E-state index contributed by atoms with van der Waals surface area (Å²) in [6.45, 7) is 6.77. The first-order valence-electron chi connectivity index (χ1n) is 5.31. The predicted molar refractivity (Wildman–Crippen MR) is 52.8 cm³/mol. The second-order valence-corrected chi connectivity index (χ2v) is 3.74. The summed E-state index contributed by atoms with van der Waals surface area (Å²) in [6.07, 6.45) is 9.98. The fourth-order valence-electron chi connectivity index (χ4n) is 0.843.